The Labute approximate surface area is 79.0 Å². The first-order chi connectivity index (χ1) is 6.20. The molecular weight excluding hydrogens is 164 g/mol. The quantitative estimate of drug-likeness (QED) is 0.488. The molecule has 4 unspecified atom stereocenters. The van der Waals surface area contributed by atoms with E-state index in [1.165, 1.54) is 0 Å². The van der Waals surface area contributed by atoms with Crippen molar-refractivity contribution in [3.8, 4) is 0 Å². The maximum atomic E-state index is 10.6. The van der Waals surface area contributed by atoms with Crippen LogP contribution in [0.25, 0.3) is 0 Å². The fraction of sp³-hybridized carbons (Fsp3) is 0.636. The molecule has 1 aliphatic rings. The van der Waals surface area contributed by atoms with E-state index in [-0.39, 0.29) is 17.8 Å². The summed E-state index contributed by atoms with van der Waals surface area (Å²) < 4.78 is 0. The van der Waals surface area contributed by atoms with Crippen LogP contribution >= 0.6 is 0 Å². The molecule has 2 nitrogen and oxygen atoms in total. The van der Waals surface area contributed by atoms with Crippen molar-refractivity contribution in [3.63, 3.8) is 0 Å². The van der Waals surface area contributed by atoms with Crippen molar-refractivity contribution in [1.29, 1.82) is 0 Å². The maximum Gasteiger partial charge on any atom is 0.123 e. The van der Waals surface area contributed by atoms with E-state index in [2.05, 4.69) is 12.2 Å². The molecule has 2 heteroatoms. The molecule has 0 fully saturated rings. The number of aldehydes is 2. The molecule has 0 radical (unpaired) electrons. The van der Waals surface area contributed by atoms with Crippen molar-refractivity contribution in [2.24, 2.45) is 23.7 Å². The molecule has 1 aliphatic carbocycles. The minimum absolute atomic E-state index is 0.0335. The van der Waals surface area contributed by atoms with Crippen molar-refractivity contribution in [2.75, 3.05) is 0 Å². The first-order valence-electron chi connectivity index (χ1n) is 4.78. The molecule has 0 saturated heterocycles. The molecule has 13 heavy (non-hydrogen) atoms. The van der Waals surface area contributed by atoms with E-state index in [0.29, 0.717) is 5.92 Å². The highest BCUT2D eigenvalue weighted by Gasteiger charge is 2.31. The van der Waals surface area contributed by atoms with Crippen LogP contribution in [0.1, 0.15) is 20.3 Å². The lowest BCUT2D eigenvalue weighted by molar-refractivity contribution is -0.115. The van der Waals surface area contributed by atoms with Crippen LogP contribution in [-0.2, 0) is 9.59 Å². The van der Waals surface area contributed by atoms with Gasteiger partial charge in [0.1, 0.15) is 12.6 Å². The Kier molecular flexibility index (Phi) is 3.40. The van der Waals surface area contributed by atoms with Gasteiger partial charge in [-0.1, -0.05) is 26.0 Å². The number of hydrogen-bond acceptors (Lipinski definition) is 2. The lowest BCUT2D eigenvalue weighted by Gasteiger charge is -2.24. The van der Waals surface area contributed by atoms with Crippen LogP contribution in [0, 0.1) is 23.7 Å². The van der Waals surface area contributed by atoms with Crippen LogP contribution in [0.5, 0.6) is 0 Å². The van der Waals surface area contributed by atoms with Gasteiger partial charge in [0.15, 0.2) is 0 Å². The van der Waals surface area contributed by atoms with Crippen LogP contribution < -0.4 is 0 Å². The van der Waals surface area contributed by atoms with Gasteiger partial charge in [0.25, 0.3) is 0 Å². The van der Waals surface area contributed by atoms with Crippen molar-refractivity contribution in [1.82, 2.24) is 0 Å². The first-order valence-corrected chi connectivity index (χ1v) is 4.78. The minimum atomic E-state index is 0.0335. The zero-order valence-electron chi connectivity index (χ0n) is 8.14. The zero-order valence-corrected chi connectivity index (χ0v) is 8.14. The number of rotatable bonds is 4. The highest BCUT2D eigenvalue weighted by Crippen LogP contribution is 2.35. The average molecular weight is 180 g/mol. The van der Waals surface area contributed by atoms with Crippen molar-refractivity contribution >= 4 is 12.6 Å². The van der Waals surface area contributed by atoms with Gasteiger partial charge < -0.3 is 9.59 Å². The Morgan fingerprint density at radius 1 is 1.23 bits per heavy atom. The average Bonchev–Trinajstić information content (AvgIpc) is 2.63. The van der Waals surface area contributed by atoms with E-state index in [0.717, 1.165) is 19.0 Å². The molecule has 0 aromatic rings. The molecule has 4 atom stereocenters. The van der Waals surface area contributed by atoms with Crippen molar-refractivity contribution in [2.45, 2.75) is 20.3 Å². The summed E-state index contributed by atoms with van der Waals surface area (Å²) in [5.41, 5.74) is 0. The van der Waals surface area contributed by atoms with E-state index in [1.807, 2.05) is 13.8 Å². The SMILES string of the molecule is CC(C=O)C1C=CCC1C(C)C=O. The van der Waals surface area contributed by atoms with Gasteiger partial charge in [0.2, 0.25) is 0 Å². The van der Waals surface area contributed by atoms with E-state index in [9.17, 15) is 9.59 Å². The molecule has 72 valence electrons. The maximum absolute atomic E-state index is 10.6. The molecule has 0 spiro atoms. The largest absolute Gasteiger partial charge is 0.303 e. The third-order valence-electron chi connectivity index (χ3n) is 2.97. The number of allylic oxidation sites excluding steroid dienone is 2. The molecule has 1 rings (SSSR count). The second kappa shape index (κ2) is 4.35. The molecule has 0 bridgehead atoms. The highest BCUT2D eigenvalue weighted by molar-refractivity contribution is 5.57. The van der Waals surface area contributed by atoms with Crippen LogP contribution in [0.2, 0.25) is 0 Å². The first kappa shape index (κ1) is 10.2. The number of carbonyl (C=O) groups is 2. The Morgan fingerprint density at radius 2 is 1.85 bits per heavy atom. The second-order valence-electron chi connectivity index (χ2n) is 3.90. The van der Waals surface area contributed by atoms with Gasteiger partial charge in [-0.2, -0.15) is 0 Å². The highest BCUT2D eigenvalue weighted by atomic mass is 16.1. The summed E-state index contributed by atoms with van der Waals surface area (Å²) in [5, 5.41) is 0. The van der Waals surface area contributed by atoms with Gasteiger partial charge in [0, 0.05) is 11.8 Å². The van der Waals surface area contributed by atoms with E-state index in [1.54, 1.807) is 0 Å². The lowest BCUT2D eigenvalue weighted by Crippen LogP contribution is -2.23. The summed E-state index contributed by atoms with van der Waals surface area (Å²) in [6.45, 7) is 3.84. The van der Waals surface area contributed by atoms with Gasteiger partial charge in [0.05, 0.1) is 0 Å². The van der Waals surface area contributed by atoms with Gasteiger partial charge in [-0.3, -0.25) is 0 Å². The Morgan fingerprint density at radius 3 is 2.38 bits per heavy atom. The van der Waals surface area contributed by atoms with Crippen LogP contribution in [0.3, 0.4) is 0 Å². The molecule has 0 heterocycles. The molecule has 0 aliphatic heterocycles. The second-order valence-corrected chi connectivity index (χ2v) is 3.90. The smallest absolute Gasteiger partial charge is 0.123 e. The predicted octanol–water partition coefficient (Wildman–Crippen LogP) is 1.85. The minimum Gasteiger partial charge on any atom is -0.303 e. The summed E-state index contributed by atoms with van der Waals surface area (Å²) in [6, 6.07) is 0. The summed E-state index contributed by atoms with van der Waals surface area (Å²) in [6.07, 6.45) is 7.05. The van der Waals surface area contributed by atoms with Crippen LogP contribution in [0.4, 0.5) is 0 Å². The molecule has 0 aromatic heterocycles. The Hall–Kier alpha value is -0.920. The standard InChI is InChI=1S/C11H16O2/c1-8(6-12)10-4-3-5-11(10)9(2)7-13/h3-4,6-11H,5H2,1-2H3. The van der Waals surface area contributed by atoms with Crippen LogP contribution in [-0.4, -0.2) is 12.6 Å². The van der Waals surface area contributed by atoms with E-state index >= 15 is 0 Å². The van der Waals surface area contributed by atoms with E-state index < -0.39 is 0 Å². The van der Waals surface area contributed by atoms with Crippen molar-refractivity contribution in [3.05, 3.63) is 12.2 Å². The molecule has 0 saturated carbocycles. The van der Waals surface area contributed by atoms with Gasteiger partial charge in [-0.15, -0.1) is 0 Å². The summed E-state index contributed by atoms with van der Waals surface area (Å²) in [5.74, 6) is 0.684. The van der Waals surface area contributed by atoms with Gasteiger partial charge >= 0.3 is 0 Å². The molecular formula is C11H16O2. The lowest BCUT2D eigenvalue weighted by atomic mass is 9.79. The monoisotopic (exact) mass is 180 g/mol. The topological polar surface area (TPSA) is 34.1 Å². The summed E-state index contributed by atoms with van der Waals surface area (Å²) in [7, 11) is 0. The molecule has 0 aromatic carbocycles. The molecule has 0 amide bonds. The third-order valence-corrected chi connectivity index (χ3v) is 2.97. The van der Waals surface area contributed by atoms with E-state index in [4.69, 9.17) is 0 Å². The fourth-order valence-corrected chi connectivity index (χ4v) is 2.01. The van der Waals surface area contributed by atoms with Gasteiger partial charge in [-0.25, -0.2) is 0 Å². The molecule has 0 N–H and O–H groups in total. The Balaban J connectivity index is 2.66. The fourth-order valence-electron chi connectivity index (χ4n) is 2.01. The number of carbonyl (C=O) groups excluding carboxylic acids is 2. The third kappa shape index (κ3) is 2.06. The Bertz CT molecular complexity index is 220. The van der Waals surface area contributed by atoms with Crippen molar-refractivity contribution < 1.29 is 9.59 Å². The normalized spacial score (nSPS) is 31.2. The zero-order chi connectivity index (χ0) is 9.84. The summed E-state index contributed by atoms with van der Waals surface area (Å²) in [4.78, 5) is 21.3. The number of hydrogen-bond donors (Lipinski definition) is 0. The summed E-state index contributed by atoms with van der Waals surface area (Å²) >= 11 is 0. The van der Waals surface area contributed by atoms with Gasteiger partial charge in [-0.05, 0) is 18.3 Å². The van der Waals surface area contributed by atoms with Crippen LogP contribution in [0.15, 0.2) is 12.2 Å². The predicted molar refractivity (Wildman–Crippen MR) is 51.2 cm³/mol.